The molecule has 0 aliphatic carbocycles. The number of nitrogens with zero attached hydrogens (tertiary/aromatic N) is 3. The van der Waals surface area contributed by atoms with Crippen molar-refractivity contribution in [2.75, 3.05) is 18.8 Å². The second-order valence-corrected chi connectivity index (χ2v) is 11.2. The zero-order chi connectivity index (χ0) is 25.4. The summed E-state index contributed by atoms with van der Waals surface area (Å²) in [6.45, 7) is 0.0790. The Morgan fingerprint density at radius 3 is 2.33 bits per heavy atom. The smallest absolute Gasteiger partial charge is 0.243 e. The predicted octanol–water partition coefficient (Wildman–Crippen LogP) is 4.22. The number of thioether (sulfide) groups is 1. The van der Waals surface area contributed by atoms with Crippen molar-refractivity contribution in [3.8, 4) is 11.4 Å². The number of rotatable bonds is 11. The van der Waals surface area contributed by atoms with Crippen molar-refractivity contribution in [2.24, 2.45) is 0 Å². The van der Waals surface area contributed by atoms with Gasteiger partial charge in [0.1, 0.15) is 0 Å². The van der Waals surface area contributed by atoms with Crippen LogP contribution in [0.5, 0.6) is 0 Å². The van der Waals surface area contributed by atoms with Gasteiger partial charge in [0.25, 0.3) is 0 Å². The highest BCUT2D eigenvalue weighted by Gasteiger charge is 2.27. The minimum Gasteiger partial charge on any atom is -0.354 e. The van der Waals surface area contributed by atoms with Crippen molar-refractivity contribution in [1.29, 1.82) is 0 Å². The number of carbonyl (C=O) groups excluding carboxylic acids is 1. The van der Waals surface area contributed by atoms with Gasteiger partial charge < -0.3 is 5.32 Å². The Morgan fingerprint density at radius 1 is 0.972 bits per heavy atom. The quantitative estimate of drug-likeness (QED) is 0.217. The van der Waals surface area contributed by atoms with Crippen molar-refractivity contribution >= 4 is 39.3 Å². The first-order chi connectivity index (χ1) is 17.4. The summed E-state index contributed by atoms with van der Waals surface area (Å²) in [5.74, 6) is 0.801. The minimum absolute atomic E-state index is 0.0629. The fourth-order valence-electron chi connectivity index (χ4n) is 3.35. The van der Waals surface area contributed by atoms with Gasteiger partial charge in [-0.25, -0.2) is 13.4 Å². The number of hydrogen-bond donors (Lipinski definition) is 2. The third kappa shape index (κ3) is 6.94. The Kier molecular flexibility index (Phi) is 8.76. The molecule has 1 aromatic heterocycles. The Labute approximate surface area is 219 Å². The zero-order valence-electron chi connectivity index (χ0n) is 19.2. The molecule has 2 N–H and O–H groups in total. The van der Waals surface area contributed by atoms with Gasteiger partial charge in [-0.15, -0.1) is 5.10 Å². The molecule has 0 atom stereocenters. The van der Waals surface area contributed by atoms with Gasteiger partial charge in [0.2, 0.25) is 21.1 Å². The lowest BCUT2D eigenvalue weighted by molar-refractivity contribution is -0.121. The van der Waals surface area contributed by atoms with Gasteiger partial charge >= 0.3 is 0 Å². The lowest BCUT2D eigenvalue weighted by Crippen LogP contribution is -2.40. The molecule has 1 amide bonds. The molecule has 0 bridgehead atoms. The maximum absolute atomic E-state index is 13.3. The largest absolute Gasteiger partial charge is 0.354 e. The van der Waals surface area contributed by atoms with E-state index in [1.807, 2.05) is 60.7 Å². The summed E-state index contributed by atoms with van der Waals surface area (Å²) < 4.78 is 27.8. The molecule has 8 nitrogen and oxygen atoms in total. The van der Waals surface area contributed by atoms with Crippen LogP contribution in [0, 0.1) is 0 Å². The first kappa shape index (κ1) is 25.9. The average molecular weight is 542 g/mol. The molecular formula is C25H24ClN5O3S2. The highest BCUT2D eigenvalue weighted by atomic mass is 35.5. The molecular weight excluding hydrogens is 518 g/mol. The molecule has 11 heteroatoms. The number of amides is 1. The van der Waals surface area contributed by atoms with E-state index in [1.165, 1.54) is 36.0 Å². The van der Waals surface area contributed by atoms with E-state index in [2.05, 4.69) is 20.5 Å². The zero-order valence-corrected chi connectivity index (χ0v) is 21.6. The summed E-state index contributed by atoms with van der Waals surface area (Å²) in [4.78, 5) is 17.2. The maximum atomic E-state index is 13.3. The average Bonchev–Trinajstić information content (AvgIpc) is 3.37. The topological polar surface area (TPSA) is 108 Å². The molecule has 4 rings (SSSR count). The number of aromatic nitrogens is 3. The van der Waals surface area contributed by atoms with Crippen LogP contribution < -0.4 is 5.32 Å². The van der Waals surface area contributed by atoms with Crippen LogP contribution in [0.25, 0.3) is 11.4 Å². The first-order valence-corrected chi connectivity index (χ1v) is 13.9. The lowest BCUT2D eigenvalue weighted by atomic mass is 10.2. The molecule has 0 radical (unpaired) electrons. The van der Waals surface area contributed by atoms with Crippen LogP contribution in [-0.4, -0.2) is 52.7 Å². The van der Waals surface area contributed by atoms with Gasteiger partial charge in [-0.05, 0) is 29.8 Å². The highest BCUT2D eigenvalue weighted by molar-refractivity contribution is 7.99. The van der Waals surface area contributed by atoms with Crippen LogP contribution in [0.1, 0.15) is 5.56 Å². The van der Waals surface area contributed by atoms with Crippen LogP contribution in [-0.2, 0) is 21.4 Å². The number of carbonyl (C=O) groups is 1. The molecule has 1 heterocycles. The van der Waals surface area contributed by atoms with E-state index in [0.717, 1.165) is 15.4 Å². The van der Waals surface area contributed by atoms with Crippen molar-refractivity contribution in [3.05, 3.63) is 95.5 Å². The molecule has 0 fully saturated rings. The highest BCUT2D eigenvalue weighted by Crippen LogP contribution is 2.21. The number of nitrogens with one attached hydrogen (secondary N) is 2. The lowest BCUT2D eigenvalue weighted by Gasteiger charge is -2.22. The molecule has 0 saturated carbocycles. The summed E-state index contributed by atoms with van der Waals surface area (Å²) in [6, 6.07) is 24.7. The molecule has 4 aromatic rings. The summed E-state index contributed by atoms with van der Waals surface area (Å²) in [7, 11) is -3.92. The number of benzene rings is 3. The summed E-state index contributed by atoms with van der Waals surface area (Å²) in [5, 5.41) is 10.9. The molecule has 0 spiro atoms. The van der Waals surface area contributed by atoms with Crippen LogP contribution in [0.15, 0.2) is 95.0 Å². The van der Waals surface area contributed by atoms with E-state index in [9.17, 15) is 13.2 Å². The van der Waals surface area contributed by atoms with Crippen LogP contribution >= 0.6 is 23.4 Å². The number of sulfonamides is 1. The SMILES string of the molecule is O=C(CN(Cc1ccccc1)S(=O)(=O)c1ccc(Cl)cc1)NCCSc1n[nH]c(-c2ccccc2)n1. The fourth-order valence-corrected chi connectivity index (χ4v) is 5.52. The van der Waals surface area contributed by atoms with Gasteiger partial charge in [0.15, 0.2) is 5.82 Å². The molecule has 0 aliphatic heterocycles. The van der Waals surface area contributed by atoms with Crippen molar-refractivity contribution in [1.82, 2.24) is 24.8 Å². The van der Waals surface area contributed by atoms with Gasteiger partial charge in [-0.3, -0.25) is 9.89 Å². The number of H-pyrrole nitrogens is 1. The molecule has 0 saturated heterocycles. The summed E-state index contributed by atoms with van der Waals surface area (Å²) in [5.41, 5.74) is 1.71. The fraction of sp³-hybridized carbons (Fsp3) is 0.160. The van der Waals surface area contributed by atoms with Crippen LogP contribution in [0.4, 0.5) is 0 Å². The maximum Gasteiger partial charge on any atom is 0.243 e. The Morgan fingerprint density at radius 2 is 1.64 bits per heavy atom. The number of hydrogen-bond acceptors (Lipinski definition) is 6. The first-order valence-electron chi connectivity index (χ1n) is 11.1. The van der Waals surface area contributed by atoms with Gasteiger partial charge in [-0.2, -0.15) is 4.31 Å². The van der Waals surface area contributed by atoms with Gasteiger partial charge in [0, 0.05) is 29.4 Å². The molecule has 0 aliphatic rings. The van der Waals surface area contributed by atoms with Crippen LogP contribution in [0.3, 0.4) is 0 Å². The Bertz CT molecular complexity index is 1380. The predicted molar refractivity (Wildman–Crippen MR) is 141 cm³/mol. The third-order valence-corrected chi connectivity index (χ3v) is 8.05. The van der Waals surface area contributed by atoms with Crippen molar-refractivity contribution in [3.63, 3.8) is 0 Å². The van der Waals surface area contributed by atoms with Gasteiger partial charge in [-0.1, -0.05) is 84.0 Å². The summed E-state index contributed by atoms with van der Waals surface area (Å²) in [6.07, 6.45) is 0. The number of halogens is 1. The molecule has 36 heavy (non-hydrogen) atoms. The van der Waals surface area contributed by atoms with E-state index < -0.39 is 15.9 Å². The summed E-state index contributed by atoms with van der Waals surface area (Å²) >= 11 is 7.31. The third-order valence-electron chi connectivity index (χ3n) is 5.14. The van der Waals surface area contributed by atoms with Crippen molar-refractivity contribution < 1.29 is 13.2 Å². The molecule has 3 aromatic carbocycles. The minimum atomic E-state index is -3.92. The van der Waals surface area contributed by atoms with E-state index in [1.54, 1.807) is 0 Å². The molecule has 186 valence electrons. The molecule has 0 unspecified atom stereocenters. The standard InChI is InChI=1S/C25H24ClN5O3S2/c26-21-11-13-22(14-12-21)36(33,34)31(17-19-7-3-1-4-8-19)18-23(32)27-15-16-35-25-28-24(29-30-25)20-9-5-2-6-10-20/h1-14H,15-18H2,(H,27,32)(H,28,29,30). The van der Waals surface area contributed by atoms with E-state index in [0.29, 0.717) is 28.3 Å². The van der Waals surface area contributed by atoms with E-state index in [-0.39, 0.29) is 18.0 Å². The normalized spacial score (nSPS) is 11.5. The van der Waals surface area contributed by atoms with Gasteiger partial charge in [0.05, 0.1) is 11.4 Å². The second kappa shape index (κ2) is 12.2. The van der Waals surface area contributed by atoms with Crippen molar-refractivity contribution in [2.45, 2.75) is 16.6 Å². The monoisotopic (exact) mass is 541 g/mol. The second-order valence-electron chi connectivity index (χ2n) is 7.74. The van der Waals surface area contributed by atoms with E-state index >= 15 is 0 Å². The Hall–Kier alpha value is -3.18. The number of aromatic amines is 1. The van der Waals surface area contributed by atoms with Crippen LogP contribution in [0.2, 0.25) is 5.02 Å². The Balaban J connectivity index is 1.35. The van der Waals surface area contributed by atoms with E-state index in [4.69, 9.17) is 11.6 Å².